The highest BCUT2D eigenvalue weighted by atomic mass is 16.2. The van der Waals surface area contributed by atoms with Crippen molar-refractivity contribution in [1.82, 2.24) is 15.2 Å². The van der Waals surface area contributed by atoms with Crippen LogP contribution < -0.4 is 10.6 Å². The highest BCUT2D eigenvalue weighted by Crippen LogP contribution is 2.26. The lowest BCUT2D eigenvalue weighted by Crippen LogP contribution is -2.44. The van der Waals surface area contributed by atoms with E-state index in [0.717, 1.165) is 5.56 Å². The zero-order chi connectivity index (χ0) is 15.4. The second kappa shape index (κ2) is 6.67. The van der Waals surface area contributed by atoms with Gasteiger partial charge in [-0.25, -0.2) is 0 Å². The minimum absolute atomic E-state index is 0.217. The molecule has 1 aliphatic rings. The fraction of sp³-hybridized carbons (Fsp3) is 0.533. The largest absolute Gasteiger partial charge is 0.346 e. The number of aryl methyl sites for hydroxylation is 1. The van der Waals surface area contributed by atoms with Crippen LogP contribution in [0.5, 0.6) is 0 Å². The van der Waals surface area contributed by atoms with Crippen LogP contribution in [0.3, 0.4) is 0 Å². The second-order valence-electron chi connectivity index (χ2n) is 5.60. The third-order valence-corrected chi connectivity index (χ3v) is 3.87. The van der Waals surface area contributed by atoms with Gasteiger partial charge in [0, 0.05) is 24.8 Å². The van der Waals surface area contributed by atoms with Crippen molar-refractivity contribution in [2.75, 3.05) is 18.9 Å². The molecule has 0 saturated heterocycles. The molecule has 0 aromatic carbocycles. The summed E-state index contributed by atoms with van der Waals surface area (Å²) in [6, 6.07) is 2.62. The molecular formula is C15H22N4O2. The molecule has 114 valence electrons. The van der Waals surface area contributed by atoms with Crippen LogP contribution in [0.25, 0.3) is 0 Å². The molecule has 1 saturated carbocycles. The van der Waals surface area contributed by atoms with E-state index in [0.29, 0.717) is 18.3 Å². The Morgan fingerprint density at radius 1 is 1.43 bits per heavy atom. The molecule has 1 fully saturated rings. The number of hydrogen-bond donors (Lipinski definition) is 2. The van der Waals surface area contributed by atoms with Gasteiger partial charge >= 0.3 is 11.8 Å². The molecule has 0 radical (unpaired) electrons. The van der Waals surface area contributed by atoms with Crippen molar-refractivity contribution in [2.45, 2.75) is 38.8 Å². The van der Waals surface area contributed by atoms with Crippen molar-refractivity contribution >= 4 is 17.5 Å². The van der Waals surface area contributed by atoms with Gasteiger partial charge in [0.2, 0.25) is 0 Å². The number of aromatic nitrogens is 1. The summed E-state index contributed by atoms with van der Waals surface area (Å²) in [7, 11) is 2.05. The summed E-state index contributed by atoms with van der Waals surface area (Å²) in [5.74, 6) is -1.28. The zero-order valence-electron chi connectivity index (χ0n) is 12.7. The van der Waals surface area contributed by atoms with E-state index in [2.05, 4.69) is 20.5 Å². The second-order valence-corrected chi connectivity index (χ2v) is 5.60. The highest BCUT2D eigenvalue weighted by Gasteiger charge is 2.29. The van der Waals surface area contributed by atoms with Gasteiger partial charge in [0.05, 0.1) is 11.9 Å². The van der Waals surface area contributed by atoms with Crippen molar-refractivity contribution in [3.8, 4) is 0 Å². The predicted molar refractivity (Wildman–Crippen MR) is 80.9 cm³/mol. The average molecular weight is 290 g/mol. The molecule has 1 atom stereocenters. The molecule has 1 aliphatic carbocycles. The minimum atomic E-state index is -0.660. The van der Waals surface area contributed by atoms with E-state index in [4.69, 9.17) is 0 Å². The fourth-order valence-electron chi connectivity index (χ4n) is 2.08. The number of anilines is 1. The van der Waals surface area contributed by atoms with Crippen LogP contribution in [-0.2, 0) is 9.59 Å². The van der Waals surface area contributed by atoms with Crippen LogP contribution in [0, 0.1) is 6.92 Å². The topological polar surface area (TPSA) is 74.3 Å². The maximum atomic E-state index is 11.8. The van der Waals surface area contributed by atoms with Gasteiger partial charge in [0.25, 0.3) is 0 Å². The Balaban J connectivity index is 1.80. The van der Waals surface area contributed by atoms with Crippen LogP contribution in [0.1, 0.15) is 25.3 Å². The van der Waals surface area contributed by atoms with E-state index in [-0.39, 0.29) is 6.04 Å². The summed E-state index contributed by atoms with van der Waals surface area (Å²) in [6.07, 6.45) is 5.61. The molecule has 21 heavy (non-hydrogen) atoms. The molecule has 0 bridgehead atoms. The molecule has 6 heteroatoms. The Morgan fingerprint density at radius 3 is 2.76 bits per heavy atom. The Labute approximate surface area is 124 Å². The molecule has 2 N–H and O–H groups in total. The van der Waals surface area contributed by atoms with E-state index in [1.165, 1.54) is 19.0 Å². The summed E-state index contributed by atoms with van der Waals surface area (Å²) in [4.78, 5) is 29.8. The summed E-state index contributed by atoms with van der Waals surface area (Å²) >= 11 is 0. The van der Waals surface area contributed by atoms with Gasteiger partial charge in [-0.2, -0.15) is 0 Å². The highest BCUT2D eigenvalue weighted by molar-refractivity contribution is 6.39. The SMILES string of the molecule is Cc1ccncc1NC(=O)C(=O)NC[C@@H](C)N(C)C1CC1. The molecule has 1 heterocycles. The van der Waals surface area contributed by atoms with Crippen molar-refractivity contribution < 1.29 is 9.59 Å². The lowest BCUT2D eigenvalue weighted by Gasteiger charge is -2.24. The lowest BCUT2D eigenvalue weighted by atomic mass is 10.2. The lowest BCUT2D eigenvalue weighted by molar-refractivity contribution is -0.136. The quantitative estimate of drug-likeness (QED) is 0.791. The minimum Gasteiger partial charge on any atom is -0.346 e. The van der Waals surface area contributed by atoms with E-state index in [9.17, 15) is 9.59 Å². The van der Waals surface area contributed by atoms with Gasteiger partial charge in [-0.15, -0.1) is 0 Å². The number of nitrogens with one attached hydrogen (secondary N) is 2. The molecule has 2 rings (SSSR count). The smallest absolute Gasteiger partial charge is 0.313 e. The third kappa shape index (κ3) is 4.26. The van der Waals surface area contributed by atoms with Crippen LogP contribution in [0.4, 0.5) is 5.69 Å². The van der Waals surface area contributed by atoms with Crippen molar-refractivity contribution in [3.63, 3.8) is 0 Å². The van der Waals surface area contributed by atoms with E-state index in [1.54, 1.807) is 12.3 Å². The number of likely N-dealkylation sites (N-methyl/N-ethyl adjacent to an activating group) is 1. The summed E-state index contributed by atoms with van der Waals surface area (Å²) in [5, 5.41) is 5.24. The Bertz CT molecular complexity index is 528. The molecule has 0 spiro atoms. The number of rotatable bonds is 5. The molecule has 0 aliphatic heterocycles. The summed E-state index contributed by atoms with van der Waals surface area (Å²) in [5.41, 5.74) is 1.42. The number of carbonyl (C=O) groups excluding carboxylic acids is 2. The van der Waals surface area contributed by atoms with E-state index < -0.39 is 11.8 Å². The monoisotopic (exact) mass is 290 g/mol. The Morgan fingerprint density at radius 2 is 2.14 bits per heavy atom. The predicted octanol–water partition coefficient (Wildman–Crippen LogP) is 0.927. The first-order chi connectivity index (χ1) is 9.99. The van der Waals surface area contributed by atoms with Crippen molar-refractivity contribution in [3.05, 3.63) is 24.0 Å². The van der Waals surface area contributed by atoms with E-state index in [1.807, 2.05) is 20.9 Å². The van der Waals surface area contributed by atoms with Crippen LogP contribution in [0.15, 0.2) is 18.5 Å². The Hall–Kier alpha value is -1.95. The van der Waals surface area contributed by atoms with Crippen LogP contribution in [0.2, 0.25) is 0 Å². The summed E-state index contributed by atoms with van der Waals surface area (Å²) in [6.45, 7) is 4.36. The van der Waals surface area contributed by atoms with Gasteiger partial charge in [0.1, 0.15) is 0 Å². The van der Waals surface area contributed by atoms with Crippen LogP contribution in [-0.4, -0.2) is 47.4 Å². The molecule has 0 unspecified atom stereocenters. The number of amides is 2. The van der Waals surface area contributed by atoms with Gasteiger partial charge in [-0.1, -0.05) is 0 Å². The first-order valence-electron chi connectivity index (χ1n) is 7.20. The molecule has 1 aromatic heterocycles. The maximum absolute atomic E-state index is 11.8. The standard InChI is InChI=1S/C15H22N4O2/c1-10-6-7-16-9-13(10)18-15(21)14(20)17-8-11(2)19(3)12-4-5-12/h6-7,9,11-12H,4-5,8H2,1-3H3,(H,17,20)(H,18,21)/t11-/m1/s1. The van der Waals surface area contributed by atoms with Gasteiger partial charge in [0.15, 0.2) is 0 Å². The van der Waals surface area contributed by atoms with Crippen LogP contribution >= 0.6 is 0 Å². The first-order valence-corrected chi connectivity index (χ1v) is 7.20. The maximum Gasteiger partial charge on any atom is 0.313 e. The first kappa shape index (κ1) is 15.4. The number of hydrogen-bond acceptors (Lipinski definition) is 4. The zero-order valence-corrected chi connectivity index (χ0v) is 12.7. The average Bonchev–Trinajstić information content (AvgIpc) is 3.30. The normalized spacial score (nSPS) is 15.6. The van der Waals surface area contributed by atoms with Crippen molar-refractivity contribution in [1.29, 1.82) is 0 Å². The number of nitrogens with zero attached hydrogens (tertiary/aromatic N) is 2. The van der Waals surface area contributed by atoms with Gasteiger partial charge < -0.3 is 10.6 Å². The van der Waals surface area contributed by atoms with Gasteiger partial charge in [-0.3, -0.25) is 19.5 Å². The fourth-order valence-corrected chi connectivity index (χ4v) is 2.08. The summed E-state index contributed by atoms with van der Waals surface area (Å²) < 4.78 is 0. The Kier molecular flexibility index (Phi) is 4.90. The molecule has 6 nitrogen and oxygen atoms in total. The molecule has 2 amide bonds. The number of carbonyl (C=O) groups is 2. The number of pyridine rings is 1. The van der Waals surface area contributed by atoms with Gasteiger partial charge in [-0.05, 0) is 45.4 Å². The molecule has 1 aromatic rings. The van der Waals surface area contributed by atoms with E-state index >= 15 is 0 Å². The van der Waals surface area contributed by atoms with Crippen molar-refractivity contribution in [2.24, 2.45) is 0 Å². The molecular weight excluding hydrogens is 268 g/mol. The third-order valence-electron chi connectivity index (χ3n) is 3.87.